The minimum absolute atomic E-state index is 0.107. The highest BCUT2D eigenvalue weighted by Crippen LogP contribution is 2.20. The minimum Gasteiger partial charge on any atom is -0.326 e. The first-order valence-electron chi connectivity index (χ1n) is 7.31. The van der Waals surface area contributed by atoms with E-state index in [1.807, 2.05) is 25.1 Å². The Kier molecular flexibility index (Phi) is 5.57. The Morgan fingerprint density at radius 3 is 2.50 bits per heavy atom. The van der Waals surface area contributed by atoms with E-state index in [0.717, 1.165) is 23.2 Å². The molecular weight excluding hydrogens is 318 g/mol. The van der Waals surface area contributed by atoms with Crippen molar-refractivity contribution < 1.29 is 14.6 Å². The average Bonchev–Trinajstić information content (AvgIpc) is 2.44. The predicted molar refractivity (Wildman–Crippen MR) is 84.3 cm³/mol. The molecule has 1 amide bonds. The molecule has 1 aromatic carbocycles. The van der Waals surface area contributed by atoms with Crippen LogP contribution >= 0.6 is 15.9 Å². The standard InChI is InChI=1S/C15H22BrN3O/c1-3-18-6-8-19(9-7-18)11-15(20)17-13-5-4-12(2)14(16)10-13/h4-5,10H,3,6-9,11H2,1-2H3,(H,17,20)/p+2. The van der Waals surface area contributed by atoms with Crippen molar-refractivity contribution in [2.24, 2.45) is 0 Å². The number of piperazine rings is 1. The molecule has 4 nitrogen and oxygen atoms in total. The smallest absolute Gasteiger partial charge is 0.279 e. The molecule has 0 aliphatic carbocycles. The van der Waals surface area contributed by atoms with Crippen LogP contribution in [-0.2, 0) is 4.79 Å². The summed E-state index contributed by atoms with van der Waals surface area (Å²) >= 11 is 3.49. The molecule has 3 N–H and O–H groups in total. The molecule has 0 bridgehead atoms. The SMILES string of the molecule is CC[NH+]1CC[NH+](CC(=O)Nc2ccc(C)c(Br)c2)CC1. The van der Waals surface area contributed by atoms with Crippen molar-refractivity contribution >= 4 is 27.5 Å². The van der Waals surface area contributed by atoms with Crippen LogP contribution in [0.5, 0.6) is 0 Å². The van der Waals surface area contributed by atoms with E-state index in [0.29, 0.717) is 6.54 Å². The van der Waals surface area contributed by atoms with E-state index in [4.69, 9.17) is 0 Å². The Morgan fingerprint density at radius 1 is 1.25 bits per heavy atom. The number of likely N-dealkylation sites (N-methyl/N-ethyl adjacent to an activating group) is 1. The van der Waals surface area contributed by atoms with Crippen LogP contribution in [0.4, 0.5) is 5.69 Å². The van der Waals surface area contributed by atoms with E-state index in [1.165, 1.54) is 30.1 Å². The molecule has 1 saturated heterocycles. The Morgan fingerprint density at radius 2 is 1.90 bits per heavy atom. The van der Waals surface area contributed by atoms with Crippen molar-refractivity contribution in [3.63, 3.8) is 0 Å². The van der Waals surface area contributed by atoms with Gasteiger partial charge < -0.3 is 15.1 Å². The summed E-state index contributed by atoms with van der Waals surface area (Å²) in [5, 5.41) is 2.99. The number of aryl methyl sites for hydroxylation is 1. The van der Waals surface area contributed by atoms with Gasteiger partial charge in [-0.15, -0.1) is 0 Å². The van der Waals surface area contributed by atoms with E-state index in [-0.39, 0.29) is 5.91 Å². The number of quaternary nitrogens is 2. The molecule has 0 spiro atoms. The molecular formula is C15H24BrN3O+2. The number of hydrogen-bond acceptors (Lipinski definition) is 1. The molecule has 0 atom stereocenters. The first-order chi connectivity index (χ1) is 9.58. The lowest BCUT2D eigenvalue weighted by atomic mass is 10.2. The second-order valence-corrected chi connectivity index (χ2v) is 6.40. The van der Waals surface area contributed by atoms with Crippen LogP contribution in [0.15, 0.2) is 22.7 Å². The molecule has 5 heteroatoms. The summed E-state index contributed by atoms with van der Waals surface area (Å²) in [6.45, 7) is 10.6. The largest absolute Gasteiger partial charge is 0.326 e. The number of hydrogen-bond donors (Lipinski definition) is 3. The number of carbonyl (C=O) groups is 1. The Labute approximate surface area is 129 Å². The summed E-state index contributed by atoms with van der Waals surface area (Å²) in [7, 11) is 0. The predicted octanol–water partition coefficient (Wildman–Crippen LogP) is -0.501. The lowest BCUT2D eigenvalue weighted by molar-refractivity contribution is -1.01. The molecule has 1 heterocycles. The maximum atomic E-state index is 12.1. The van der Waals surface area contributed by atoms with E-state index < -0.39 is 0 Å². The highest BCUT2D eigenvalue weighted by atomic mass is 79.9. The van der Waals surface area contributed by atoms with Gasteiger partial charge >= 0.3 is 0 Å². The third-order valence-corrected chi connectivity index (χ3v) is 4.88. The first-order valence-corrected chi connectivity index (χ1v) is 8.11. The summed E-state index contributed by atoms with van der Waals surface area (Å²) in [6, 6.07) is 5.92. The molecule has 110 valence electrons. The second-order valence-electron chi connectivity index (χ2n) is 5.54. The third kappa shape index (κ3) is 4.30. The zero-order chi connectivity index (χ0) is 14.5. The van der Waals surface area contributed by atoms with Gasteiger partial charge in [-0.25, -0.2) is 0 Å². The number of benzene rings is 1. The van der Waals surface area contributed by atoms with Crippen molar-refractivity contribution in [2.45, 2.75) is 13.8 Å². The molecule has 0 radical (unpaired) electrons. The number of carbonyl (C=O) groups excluding carboxylic acids is 1. The topological polar surface area (TPSA) is 38.0 Å². The maximum absolute atomic E-state index is 12.1. The molecule has 2 rings (SSSR count). The van der Waals surface area contributed by atoms with Gasteiger partial charge in [0.15, 0.2) is 6.54 Å². The van der Waals surface area contributed by atoms with Crippen LogP contribution in [0, 0.1) is 6.92 Å². The van der Waals surface area contributed by atoms with Crippen molar-refractivity contribution in [3.05, 3.63) is 28.2 Å². The molecule has 1 aliphatic heterocycles. The van der Waals surface area contributed by atoms with Crippen LogP contribution in [0.2, 0.25) is 0 Å². The van der Waals surface area contributed by atoms with Gasteiger partial charge in [0.1, 0.15) is 26.2 Å². The Balaban J connectivity index is 1.82. The molecule has 0 saturated carbocycles. The summed E-state index contributed by atoms with van der Waals surface area (Å²) in [5.74, 6) is 0.107. The van der Waals surface area contributed by atoms with Crippen LogP contribution in [0.1, 0.15) is 12.5 Å². The normalized spacial score (nSPS) is 22.6. The molecule has 20 heavy (non-hydrogen) atoms. The van der Waals surface area contributed by atoms with Crippen molar-refractivity contribution in [1.29, 1.82) is 0 Å². The minimum atomic E-state index is 0.107. The molecule has 1 aromatic rings. The highest BCUT2D eigenvalue weighted by Gasteiger charge is 2.23. The quantitative estimate of drug-likeness (QED) is 0.678. The number of amides is 1. The number of rotatable bonds is 4. The molecule has 1 aliphatic rings. The fraction of sp³-hybridized carbons (Fsp3) is 0.533. The second kappa shape index (κ2) is 7.20. The van der Waals surface area contributed by atoms with Gasteiger partial charge in [-0.1, -0.05) is 22.0 Å². The molecule has 0 aromatic heterocycles. The van der Waals surface area contributed by atoms with E-state index in [9.17, 15) is 4.79 Å². The van der Waals surface area contributed by atoms with Crippen molar-refractivity contribution in [3.8, 4) is 0 Å². The van der Waals surface area contributed by atoms with Gasteiger partial charge in [-0.05, 0) is 31.5 Å². The average molecular weight is 342 g/mol. The lowest BCUT2D eigenvalue weighted by Crippen LogP contribution is -3.28. The van der Waals surface area contributed by atoms with E-state index >= 15 is 0 Å². The van der Waals surface area contributed by atoms with Gasteiger partial charge in [0.25, 0.3) is 5.91 Å². The lowest BCUT2D eigenvalue weighted by Gasteiger charge is -2.28. The Bertz CT molecular complexity index is 470. The zero-order valence-electron chi connectivity index (χ0n) is 12.3. The number of halogens is 1. The van der Waals surface area contributed by atoms with Crippen LogP contribution in [0.3, 0.4) is 0 Å². The molecule has 0 unspecified atom stereocenters. The van der Waals surface area contributed by atoms with Gasteiger partial charge in [0.2, 0.25) is 0 Å². The van der Waals surface area contributed by atoms with Crippen molar-refractivity contribution in [1.82, 2.24) is 0 Å². The number of nitrogens with one attached hydrogen (secondary N) is 3. The Hall–Kier alpha value is -0.910. The van der Waals surface area contributed by atoms with Crippen LogP contribution in [-0.4, -0.2) is 45.2 Å². The van der Waals surface area contributed by atoms with Gasteiger partial charge in [0, 0.05) is 10.2 Å². The van der Waals surface area contributed by atoms with Crippen LogP contribution < -0.4 is 15.1 Å². The maximum Gasteiger partial charge on any atom is 0.279 e. The summed E-state index contributed by atoms with van der Waals surface area (Å²) in [4.78, 5) is 15.1. The summed E-state index contributed by atoms with van der Waals surface area (Å²) in [6.07, 6.45) is 0. The summed E-state index contributed by atoms with van der Waals surface area (Å²) < 4.78 is 1.03. The van der Waals surface area contributed by atoms with Gasteiger partial charge in [0.05, 0.1) is 6.54 Å². The first kappa shape index (κ1) is 15.5. The third-order valence-electron chi connectivity index (χ3n) is 4.03. The van der Waals surface area contributed by atoms with Gasteiger partial charge in [-0.2, -0.15) is 0 Å². The van der Waals surface area contributed by atoms with E-state index in [1.54, 1.807) is 4.90 Å². The monoisotopic (exact) mass is 341 g/mol. The van der Waals surface area contributed by atoms with E-state index in [2.05, 4.69) is 28.2 Å². The number of anilines is 1. The van der Waals surface area contributed by atoms with Crippen molar-refractivity contribution in [2.75, 3.05) is 44.6 Å². The van der Waals surface area contributed by atoms with Gasteiger partial charge in [-0.3, -0.25) is 4.79 Å². The highest BCUT2D eigenvalue weighted by molar-refractivity contribution is 9.10. The molecule has 1 fully saturated rings. The zero-order valence-corrected chi connectivity index (χ0v) is 13.8. The fourth-order valence-corrected chi connectivity index (χ4v) is 2.97. The van der Waals surface area contributed by atoms with Crippen LogP contribution in [0.25, 0.3) is 0 Å². The fourth-order valence-electron chi connectivity index (χ4n) is 2.59. The summed E-state index contributed by atoms with van der Waals surface area (Å²) in [5.41, 5.74) is 2.04.